The number of carbonyl (C=O) groups is 7. The minimum Gasteiger partial charge on any atom is -0.481 e. The van der Waals surface area contributed by atoms with Crippen LogP contribution in [0.5, 0.6) is 0 Å². The van der Waals surface area contributed by atoms with E-state index < -0.39 is 29.8 Å². The van der Waals surface area contributed by atoms with Gasteiger partial charge in [-0.05, 0) is 31.4 Å². The molecule has 1 aromatic rings. The number of aromatic amines is 1. The second-order valence-electron chi connectivity index (χ2n) is 17.1. The lowest BCUT2D eigenvalue weighted by molar-refractivity contribution is -0.144. The fourth-order valence-corrected chi connectivity index (χ4v) is 8.74. The first-order chi connectivity index (χ1) is 31.3. The van der Waals surface area contributed by atoms with Crippen molar-refractivity contribution in [2.24, 2.45) is 17.6 Å². The number of rotatable bonds is 42. The molecule has 1 aliphatic rings. The Kier molecular flexibility index (Phi) is 30.8. The maximum atomic E-state index is 13.0. The van der Waals surface area contributed by atoms with Crippen LogP contribution in [0.2, 0.25) is 0 Å². The van der Waals surface area contributed by atoms with Crippen LogP contribution in [0.3, 0.4) is 0 Å². The van der Waals surface area contributed by atoms with E-state index in [4.69, 9.17) is 20.3 Å². The first-order valence-electron chi connectivity index (χ1n) is 23.8. The number of carbonyl (C=O) groups excluding carboxylic acids is 5. The molecule has 0 radical (unpaired) electrons. The van der Waals surface area contributed by atoms with Crippen molar-refractivity contribution in [3.8, 4) is 0 Å². The SMILES string of the molecule is C=C1CC(SCCCCCCCCCCCCCCCC(=O)O)C(=O)N1CCC(=O)NCCOCCOCC(=O)NCCCC[C@H](CC(=O)[C@@H](C)CC(=O)[C@@H](N)Cc1cnc[nH]1)C(=O)O.[HH]. The number of imidazole rings is 1. The molecule has 17 nitrogen and oxygen atoms in total. The molecule has 4 atom stereocenters. The van der Waals surface area contributed by atoms with E-state index in [-0.39, 0.29) is 101 Å². The van der Waals surface area contributed by atoms with Crippen LogP contribution >= 0.6 is 11.8 Å². The van der Waals surface area contributed by atoms with Crippen molar-refractivity contribution in [1.82, 2.24) is 25.5 Å². The van der Waals surface area contributed by atoms with Crippen molar-refractivity contribution in [3.63, 3.8) is 0 Å². The molecular formula is C47H80N6O11S. The average molecular weight is 937 g/mol. The van der Waals surface area contributed by atoms with E-state index in [0.29, 0.717) is 44.6 Å². The van der Waals surface area contributed by atoms with Gasteiger partial charge in [-0.2, -0.15) is 0 Å². The first-order valence-corrected chi connectivity index (χ1v) is 24.9. The molecular weight excluding hydrogens is 857 g/mol. The summed E-state index contributed by atoms with van der Waals surface area (Å²) in [5, 5.41) is 23.7. The predicted molar refractivity (Wildman–Crippen MR) is 252 cm³/mol. The number of nitrogens with one attached hydrogen (secondary N) is 3. The third kappa shape index (κ3) is 27.2. The first kappa shape index (κ1) is 57.0. The highest BCUT2D eigenvalue weighted by Gasteiger charge is 2.34. The Labute approximate surface area is 391 Å². The number of carboxylic acid groups (broad SMARTS) is 2. The maximum Gasteiger partial charge on any atom is 0.306 e. The van der Waals surface area contributed by atoms with Crippen LogP contribution in [-0.4, -0.2) is 129 Å². The largest absolute Gasteiger partial charge is 0.481 e. The second kappa shape index (κ2) is 35.1. The van der Waals surface area contributed by atoms with Crippen LogP contribution in [0.1, 0.15) is 149 Å². The summed E-state index contributed by atoms with van der Waals surface area (Å²) in [6.07, 6.45) is 20.6. The van der Waals surface area contributed by atoms with Gasteiger partial charge in [-0.25, -0.2) is 4.98 Å². The minimum atomic E-state index is -1.08. The van der Waals surface area contributed by atoms with Crippen LogP contribution in [0, 0.1) is 11.8 Å². The second-order valence-corrected chi connectivity index (χ2v) is 18.4. The zero-order chi connectivity index (χ0) is 47.7. The summed E-state index contributed by atoms with van der Waals surface area (Å²) < 4.78 is 10.8. The fraction of sp³-hybridized carbons (Fsp3) is 0.745. The number of carboxylic acids is 2. The van der Waals surface area contributed by atoms with Crippen molar-refractivity contribution >= 4 is 53.0 Å². The van der Waals surface area contributed by atoms with Gasteiger partial charge in [-0.3, -0.25) is 33.6 Å². The van der Waals surface area contributed by atoms with Gasteiger partial charge >= 0.3 is 11.9 Å². The Morgan fingerprint density at radius 2 is 1.48 bits per heavy atom. The lowest BCUT2D eigenvalue weighted by atomic mass is 9.88. The number of ketones is 2. The van der Waals surface area contributed by atoms with E-state index >= 15 is 0 Å². The van der Waals surface area contributed by atoms with E-state index in [0.717, 1.165) is 43.6 Å². The number of aromatic nitrogens is 2. The molecule has 0 aliphatic carbocycles. The highest BCUT2D eigenvalue weighted by atomic mass is 32.2. The predicted octanol–water partition coefficient (Wildman–Crippen LogP) is 6.00. The molecule has 7 N–H and O–H groups in total. The average Bonchev–Trinajstić information content (AvgIpc) is 3.88. The molecule has 1 fully saturated rings. The summed E-state index contributed by atoms with van der Waals surface area (Å²) >= 11 is 1.69. The van der Waals surface area contributed by atoms with Gasteiger partial charge in [0.15, 0.2) is 5.78 Å². The summed E-state index contributed by atoms with van der Waals surface area (Å²) in [5.41, 5.74) is 7.45. The topological polar surface area (TPSA) is 260 Å². The normalized spacial score (nSPS) is 15.2. The maximum absolute atomic E-state index is 13.0. The molecule has 1 aromatic heterocycles. The fourth-order valence-electron chi connectivity index (χ4n) is 7.50. The van der Waals surface area contributed by atoms with Crippen molar-refractivity contribution in [1.29, 1.82) is 0 Å². The summed E-state index contributed by atoms with van der Waals surface area (Å²) in [6, 6.07) is -0.787. The van der Waals surface area contributed by atoms with Gasteiger partial charge in [0.05, 0.1) is 43.4 Å². The van der Waals surface area contributed by atoms with E-state index in [1.54, 1.807) is 29.8 Å². The molecule has 0 aromatic carbocycles. The van der Waals surface area contributed by atoms with Crippen LogP contribution in [-0.2, 0) is 49.5 Å². The van der Waals surface area contributed by atoms with Crippen molar-refractivity contribution < 1.29 is 54.7 Å². The number of Topliss-reactive ketones (excluding diaryl/α,β-unsaturated/α-hetero) is 2. The van der Waals surface area contributed by atoms with Gasteiger partial charge in [0, 0.05) is 83.1 Å². The van der Waals surface area contributed by atoms with E-state index in [1.165, 1.54) is 57.7 Å². The molecule has 0 saturated carbocycles. The standard InChI is InChI=1S/C47H78N6O11S.H2/c1-35(28-41(55)39(48)31-38-32-49-34-52-38)40(54)30-37(47(61)62)18-15-16-21-50-44(57)33-64-26-25-63-24-22-51-43(56)20-23-53-36(2)29-42(46(53)60)65-27-17-13-11-9-7-5-3-4-6-8-10-12-14-19-45(58)59;/h32,34-35,37,39,42H,2-31,33,48H2,1H3,(H,49,52)(H,50,57)(H,51,56)(H,58,59)(H,61,62);1H/t35-,37+,39-,42?;/m0./s1. The summed E-state index contributed by atoms with van der Waals surface area (Å²) in [5.74, 6) is -3.44. The quantitative estimate of drug-likeness (QED) is 0.0411. The van der Waals surface area contributed by atoms with Crippen LogP contribution in [0.25, 0.3) is 0 Å². The highest BCUT2D eigenvalue weighted by molar-refractivity contribution is 8.00. The summed E-state index contributed by atoms with van der Waals surface area (Å²) in [6.45, 7) is 7.08. The van der Waals surface area contributed by atoms with Gasteiger partial charge in [0.2, 0.25) is 17.7 Å². The molecule has 2 rings (SSSR count). The number of ether oxygens (including phenoxy) is 2. The van der Waals surface area contributed by atoms with Crippen LogP contribution in [0.4, 0.5) is 0 Å². The molecule has 370 valence electrons. The van der Waals surface area contributed by atoms with Crippen molar-refractivity contribution in [3.05, 3.63) is 30.5 Å². The number of nitrogens with zero attached hydrogens (tertiary/aromatic N) is 2. The zero-order valence-corrected chi connectivity index (χ0v) is 39.6. The van der Waals surface area contributed by atoms with E-state index in [2.05, 4.69) is 27.2 Å². The smallest absolute Gasteiger partial charge is 0.306 e. The van der Waals surface area contributed by atoms with Crippen LogP contribution < -0.4 is 16.4 Å². The molecule has 0 spiro atoms. The van der Waals surface area contributed by atoms with Gasteiger partial charge < -0.3 is 45.9 Å². The Morgan fingerprint density at radius 1 is 0.846 bits per heavy atom. The number of nitrogens with two attached hydrogens (primary N) is 1. The van der Waals surface area contributed by atoms with Gasteiger partial charge in [0.25, 0.3) is 0 Å². The third-order valence-corrected chi connectivity index (χ3v) is 12.8. The molecule has 18 heteroatoms. The third-order valence-electron chi connectivity index (χ3n) is 11.5. The number of hydrogen-bond acceptors (Lipinski definition) is 12. The lowest BCUT2D eigenvalue weighted by Crippen LogP contribution is -2.35. The Balaban J connectivity index is 0.0000218. The van der Waals surface area contributed by atoms with E-state index in [1.807, 2.05) is 0 Å². The number of allylic oxidation sites excluding steroid dienone is 1. The number of amides is 3. The minimum absolute atomic E-state index is 0. The Hall–Kier alpha value is -4.13. The van der Waals surface area contributed by atoms with E-state index in [9.17, 15) is 38.7 Å². The Bertz CT molecular complexity index is 1590. The highest BCUT2D eigenvalue weighted by Crippen LogP contribution is 2.31. The summed E-state index contributed by atoms with van der Waals surface area (Å²) in [7, 11) is 0. The zero-order valence-electron chi connectivity index (χ0n) is 38.8. The van der Waals surface area contributed by atoms with Crippen LogP contribution in [0.15, 0.2) is 24.8 Å². The molecule has 1 saturated heterocycles. The summed E-state index contributed by atoms with van der Waals surface area (Å²) in [4.78, 5) is 93.5. The molecule has 1 aliphatic heterocycles. The van der Waals surface area contributed by atoms with Gasteiger partial charge in [0.1, 0.15) is 12.4 Å². The number of thioether (sulfide) groups is 1. The van der Waals surface area contributed by atoms with Crippen molar-refractivity contribution in [2.45, 2.75) is 159 Å². The monoisotopic (exact) mass is 937 g/mol. The molecule has 2 heterocycles. The number of likely N-dealkylation sites (tertiary alicyclic amines) is 1. The molecule has 0 bridgehead atoms. The Morgan fingerprint density at radius 3 is 2.11 bits per heavy atom. The van der Waals surface area contributed by atoms with Gasteiger partial charge in [-0.15, -0.1) is 11.8 Å². The van der Waals surface area contributed by atoms with Crippen molar-refractivity contribution in [2.75, 3.05) is 51.8 Å². The number of aliphatic carboxylic acids is 2. The number of H-pyrrole nitrogens is 1. The van der Waals surface area contributed by atoms with Gasteiger partial charge in [-0.1, -0.05) is 90.6 Å². The molecule has 3 amide bonds. The molecule has 65 heavy (non-hydrogen) atoms. The lowest BCUT2D eigenvalue weighted by Gasteiger charge is -2.17. The molecule has 1 unspecified atom stereocenters. The number of hydrogen-bond donors (Lipinski definition) is 6. The number of unbranched alkanes of at least 4 members (excludes halogenated alkanes) is 13.